The molecule has 1 aromatic heterocycles. The van der Waals surface area contributed by atoms with Crippen LogP contribution in [0.3, 0.4) is 0 Å². The molecule has 0 amide bonds. The summed E-state index contributed by atoms with van der Waals surface area (Å²) in [5.41, 5.74) is 8.13. The fourth-order valence-corrected chi connectivity index (χ4v) is 1.82. The normalized spacial score (nSPS) is 12.4. The van der Waals surface area contributed by atoms with E-state index >= 15 is 0 Å². The Bertz CT molecular complexity index is 532. The number of hydrogen-bond donors (Lipinski definition) is 1. The van der Waals surface area contributed by atoms with Crippen molar-refractivity contribution in [2.75, 3.05) is 0 Å². The van der Waals surface area contributed by atoms with E-state index in [1.54, 1.807) is 6.20 Å². The molecule has 2 aromatic rings. The molecule has 0 unspecified atom stereocenters. The van der Waals surface area contributed by atoms with Crippen LogP contribution in [0.15, 0.2) is 30.6 Å². The third kappa shape index (κ3) is 2.71. The monoisotopic (exact) mass is 245 g/mol. The van der Waals surface area contributed by atoms with Gasteiger partial charge in [0, 0.05) is 31.0 Å². The highest BCUT2D eigenvalue weighted by atomic mass is 16.5. The maximum Gasteiger partial charge on any atom is 0.146 e. The molecule has 2 N–H and O–H groups in total. The van der Waals surface area contributed by atoms with Crippen LogP contribution in [0.4, 0.5) is 0 Å². The number of hydrogen-bond acceptors (Lipinski definition) is 3. The maximum absolute atomic E-state index is 5.94. The third-order valence-electron chi connectivity index (χ3n) is 2.94. The molecule has 0 saturated carbocycles. The van der Waals surface area contributed by atoms with E-state index in [1.807, 2.05) is 49.9 Å². The standard InChI is InChI=1S/C14H19N3O/c1-10-4-5-12(11(2)15)13(8-10)18-9-14-16-6-7-17(14)3/h4-8,11H,9,15H2,1-3H3/t11-/m0/s1. The Morgan fingerprint density at radius 2 is 2.22 bits per heavy atom. The molecule has 0 radical (unpaired) electrons. The molecule has 0 fully saturated rings. The van der Waals surface area contributed by atoms with Crippen LogP contribution >= 0.6 is 0 Å². The first-order valence-electron chi connectivity index (χ1n) is 6.03. The van der Waals surface area contributed by atoms with E-state index in [0.29, 0.717) is 6.61 Å². The van der Waals surface area contributed by atoms with E-state index in [1.165, 1.54) is 0 Å². The predicted octanol–water partition coefficient (Wildman–Crippen LogP) is 2.33. The molecule has 0 aliphatic carbocycles. The molecule has 4 heteroatoms. The lowest BCUT2D eigenvalue weighted by Gasteiger charge is -2.14. The summed E-state index contributed by atoms with van der Waals surface area (Å²) in [6.07, 6.45) is 3.67. The van der Waals surface area contributed by atoms with Gasteiger partial charge in [-0.3, -0.25) is 0 Å². The number of rotatable bonds is 4. The molecule has 96 valence electrons. The minimum atomic E-state index is -0.0398. The lowest BCUT2D eigenvalue weighted by Crippen LogP contribution is -2.09. The number of nitrogens with zero attached hydrogens (tertiary/aromatic N) is 2. The number of nitrogens with two attached hydrogens (primary N) is 1. The quantitative estimate of drug-likeness (QED) is 0.899. The molecule has 0 aliphatic rings. The van der Waals surface area contributed by atoms with E-state index in [4.69, 9.17) is 10.5 Å². The summed E-state index contributed by atoms with van der Waals surface area (Å²) in [7, 11) is 1.95. The van der Waals surface area contributed by atoms with Crippen LogP contribution in [0.5, 0.6) is 5.75 Å². The molecule has 18 heavy (non-hydrogen) atoms. The van der Waals surface area contributed by atoms with E-state index < -0.39 is 0 Å². The molecule has 1 atom stereocenters. The largest absolute Gasteiger partial charge is 0.485 e. The number of benzene rings is 1. The summed E-state index contributed by atoms with van der Waals surface area (Å²) in [6.45, 7) is 4.45. The van der Waals surface area contributed by atoms with Gasteiger partial charge in [-0.1, -0.05) is 12.1 Å². The first-order valence-corrected chi connectivity index (χ1v) is 6.03. The van der Waals surface area contributed by atoms with Crippen molar-refractivity contribution in [2.45, 2.75) is 26.5 Å². The Hall–Kier alpha value is -1.81. The second kappa shape index (κ2) is 5.23. The lowest BCUT2D eigenvalue weighted by atomic mass is 10.1. The number of aryl methyl sites for hydroxylation is 2. The van der Waals surface area contributed by atoms with Crippen molar-refractivity contribution in [1.82, 2.24) is 9.55 Å². The summed E-state index contributed by atoms with van der Waals surface area (Å²) in [4.78, 5) is 4.23. The van der Waals surface area contributed by atoms with E-state index in [0.717, 1.165) is 22.7 Å². The fraction of sp³-hybridized carbons (Fsp3) is 0.357. The minimum absolute atomic E-state index is 0.0398. The van der Waals surface area contributed by atoms with Crippen LogP contribution < -0.4 is 10.5 Å². The lowest BCUT2D eigenvalue weighted by molar-refractivity contribution is 0.287. The van der Waals surface area contributed by atoms with E-state index in [9.17, 15) is 0 Å². The Kier molecular flexibility index (Phi) is 3.67. The first kappa shape index (κ1) is 12.6. The third-order valence-corrected chi connectivity index (χ3v) is 2.94. The first-order chi connectivity index (χ1) is 8.58. The second-order valence-corrected chi connectivity index (χ2v) is 4.57. The predicted molar refractivity (Wildman–Crippen MR) is 71.3 cm³/mol. The minimum Gasteiger partial charge on any atom is -0.485 e. The highest BCUT2D eigenvalue weighted by Crippen LogP contribution is 2.25. The van der Waals surface area contributed by atoms with Crippen molar-refractivity contribution in [3.8, 4) is 5.75 Å². The average molecular weight is 245 g/mol. The van der Waals surface area contributed by atoms with Crippen LogP contribution in [0.1, 0.15) is 29.9 Å². The van der Waals surface area contributed by atoms with Gasteiger partial charge in [-0.15, -0.1) is 0 Å². The molecular formula is C14H19N3O. The van der Waals surface area contributed by atoms with Crippen LogP contribution in [-0.4, -0.2) is 9.55 Å². The summed E-state index contributed by atoms with van der Waals surface area (Å²) in [5.74, 6) is 1.74. The maximum atomic E-state index is 5.94. The van der Waals surface area contributed by atoms with Gasteiger partial charge in [0.1, 0.15) is 18.2 Å². The molecule has 1 heterocycles. The summed E-state index contributed by atoms with van der Waals surface area (Å²) < 4.78 is 7.79. The Balaban J connectivity index is 2.18. The van der Waals surface area contributed by atoms with Gasteiger partial charge in [0.05, 0.1) is 0 Å². The molecule has 0 aliphatic heterocycles. The Labute approximate surface area is 107 Å². The summed E-state index contributed by atoms with van der Waals surface area (Å²) >= 11 is 0. The molecule has 4 nitrogen and oxygen atoms in total. The number of aromatic nitrogens is 2. The van der Waals surface area contributed by atoms with Crippen molar-refractivity contribution in [2.24, 2.45) is 12.8 Å². The van der Waals surface area contributed by atoms with Crippen molar-refractivity contribution >= 4 is 0 Å². The van der Waals surface area contributed by atoms with Gasteiger partial charge in [-0.05, 0) is 25.5 Å². The highest BCUT2D eigenvalue weighted by molar-refractivity contribution is 5.38. The van der Waals surface area contributed by atoms with Crippen LogP contribution in [0, 0.1) is 6.92 Å². The zero-order valence-electron chi connectivity index (χ0n) is 11.1. The number of imidazole rings is 1. The van der Waals surface area contributed by atoms with Crippen molar-refractivity contribution in [3.05, 3.63) is 47.5 Å². The van der Waals surface area contributed by atoms with Gasteiger partial charge in [0.15, 0.2) is 0 Å². The fourth-order valence-electron chi connectivity index (χ4n) is 1.82. The van der Waals surface area contributed by atoms with E-state index in [2.05, 4.69) is 4.98 Å². The SMILES string of the molecule is Cc1ccc([C@H](C)N)c(OCc2nccn2C)c1. The van der Waals surface area contributed by atoms with Gasteiger partial charge < -0.3 is 15.0 Å². The zero-order chi connectivity index (χ0) is 13.1. The molecule has 0 bridgehead atoms. The van der Waals surface area contributed by atoms with Crippen LogP contribution in [0.2, 0.25) is 0 Å². The van der Waals surface area contributed by atoms with Gasteiger partial charge >= 0.3 is 0 Å². The van der Waals surface area contributed by atoms with Gasteiger partial charge in [0.25, 0.3) is 0 Å². The molecule has 0 spiro atoms. The topological polar surface area (TPSA) is 53.1 Å². The summed E-state index contributed by atoms with van der Waals surface area (Å²) in [5, 5.41) is 0. The van der Waals surface area contributed by atoms with E-state index in [-0.39, 0.29) is 6.04 Å². The molecule has 1 aromatic carbocycles. The van der Waals surface area contributed by atoms with Crippen molar-refractivity contribution in [3.63, 3.8) is 0 Å². The van der Waals surface area contributed by atoms with Crippen molar-refractivity contribution < 1.29 is 4.74 Å². The van der Waals surface area contributed by atoms with Gasteiger partial charge in [-0.2, -0.15) is 0 Å². The second-order valence-electron chi connectivity index (χ2n) is 4.57. The van der Waals surface area contributed by atoms with Crippen LogP contribution in [0.25, 0.3) is 0 Å². The van der Waals surface area contributed by atoms with Crippen LogP contribution in [-0.2, 0) is 13.7 Å². The highest BCUT2D eigenvalue weighted by Gasteiger charge is 2.09. The Morgan fingerprint density at radius 3 is 2.83 bits per heavy atom. The molecule has 0 saturated heterocycles. The van der Waals surface area contributed by atoms with Gasteiger partial charge in [-0.25, -0.2) is 4.98 Å². The average Bonchev–Trinajstić information content (AvgIpc) is 2.72. The Morgan fingerprint density at radius 1 is 1.44 bits per heavy atom. The molecule has 2 rings (SSSR count). The smallest absolute Gasteiger partial charge is 0.146 e. The number of ether oxygens (including phenoxy) is 1. The zero-order valence-corrected chi connectivity index (χ0v) is 11.1. The van der Waals surface area contributed by atoms with Crippen molar-refractivity contribution in [1.29, 1.82) is 0 Å². The van der Waals surface area contributed by atoms with Gasteiger partial charge in [0.2, 0.25) is 0 Å². The molecular weight excluding hydrogens is 226 g/mol. The summed E-state index contributed by atoms with van der Waals surface area (Å²) in [6, 6.07) is 6.05.